The molecule has 0 saturated carbocycles. The molecule has 5 atom stereocenters. The molecule has 0 bridgehead atoms. The molecule has 2 aliphatic heterocycles. The molecule has 3 aromatic rings. The normalized spacial score (nSPS) is 28.6. The summed E-state index contributed by atoms with van der Waals surface area (Å²) in [5.74, 6) is 0.206. The number of nitrogens with one attached hydrogen (secondary N) is 2. The van der Waals surface area contributed by atoms with Crippen LogP contribution >= 0.6 is 8.45 Å². The molecule has 0 aromatic heterocycles. The fourth-order valence-corrected chi connectivity index (χ4v) is 6.22. The third-order valence-corrected chi connectivity index (χ3v) is 7.59. The van der Waals surface area contributed by atoms with Gasteiger partial charge < -0.3 is 14.0 Å². The second kappa shape index (κ2) is 9.92. The van der Waals surface area contributed by atoms with Gasteiger partial charge in [0.15, 0.2) is 5.79 Å². The molecule has 5 rings (SSSR count). The molecule has 6 heteroatoms. The molecule has 2 saturated heterocycles. The van der Waals surface area contributed by atoms with Crippen LogP contribution in [-0.2, 0) is 22.3 Å². The number of ether oxygens (including phenoxy) is 2. The van der Waals surface area contributed by atoms with Crippen LogP contribution in [0.2, 0.25) is 0 Å². The number of hydrogen-bond acceptors (Lipinski definition) is 5. The maximum absolute atomic E-state index is 6.51. The van der Waals surface area contributed by atoms with E-state index in [-0.39, 0.29) is 24.3 Å². The molecule has 172 valence electrons. The van der Waals surface area contributed by atoms with Crippen molar-refractivity contribution in [2.24, 2.45) is 0 Å². The summed E-state index contributed by atoms with van der Waals surface area (Å²) in [6.07, 6.45) is 1.46. The Morgan fingerprint density at radius 3 is 1.58 bits per heavy atom. The van der Waals surface area contributed by atoms with Crippen LogP contribution in [0.1, 0.15) is 25.0 Å². The van der Waals surface area contributed by atoms with Gasteiger partial charge in [-0.25, -0.2) is 10.2 Å². The first-order valence-corrected chi connectivity index (χ1v) is 12.8. The van der Waals surface area contributed by atoms with Crippen molar-refractivity contribution < 1.29 is 14.0 Å². The van der Waals surface area contributed by atoms with Gasteiger partial charge in [-0.05, 0) is 49.9 Å². The minimum absolute atomic E-state index is 0.0438. The zero-order valence-corrected chi connectivity index (χ0v) is 20.0. The van der Waals surface area contributed by atoms with Gasteiger partial charge in [-0.1, -0.05) is 78.9 Å². The molecule has 0 spiro atoms. The first kappa shape index (κ1) is 22.5. The predicted molar refractivity (Wildman–Crippen MR) is 132 cm³/mol. The maximum Gasteiger partial charge on any atom is 0.243 e. The summed E-state index contributed by atoms with van der Waals surface area (Å²) >= 11 is 0. The number of benzene rings is 3. The molecule has 5 nitrogen and oxygen atoms in total. The van der Waals surface area contributed by atoms with Crippen molar-refractivity contribution in [2.75, 3.05) is 0 Å². The molecule has 1 unspecified atom stereocenters. The Balaban J connectivity index is 1.46. The first-order chi connectivity index (χ1) is 16.1. The van der Waals surface area contributed by atoms with E-state index < -0.39 is 14.2 Å². The molecule has 33 heavy (non-hydrogen) atoms. The minimum atomic E-state index is -1.16. The summed E-state index contributed by atoms with van der Waals surface area (Å²) in [4.78, 5) is 0. The molecular formula is C27H31N2O3P. The van der Waals surface area contributed by atoms with Crippen LogP contribution in [0, 0.1) is 0 Å². The largest absolute Gasteiger partial charge is 0.445 e. The van der Waals surface area contributed by atoms with Crippen molar-refractivity contribution in [1.29, 1.82) is 0 Å². The van der Waals surface area contributed by atoms with E-state index in [9.17, 15) is 0 Å². The monoisotopic (exact) mass is 462 g/mol. The molecule has 0 aliphatic carbocycles. The number of hydrogen-bond donors (Lipinski definition) is 2. The van der Waals surface area contributed by atoms with Crippen molar-refractivity contribution in [2.45, 2.75) is 56.8 Å². The third kappa shape index (κ3) is 5.63. The second-order valence-corrected chi connectivity index (χ2v) is 10.4. The van der Waals surface area contributed by atoms with Gasteiger partial charge in [-0.3, -0.25) is 0 Å². The summed E-state index contributed by atoms with van der Waals surface area (Å²) in [5.41, 5.74) is 2.52. The zero-order valence-electron chi connectivity index (χ0n) is 19.1. The Hall–Kier alpha value is -2.27. The highest BCUT2D eigenvalue weighted by atomic mass is 31.2. The van der Waals surface area contributed by atoms with Crippen molar-refractivity contribution in [3.8, 4) is 5.75 Å². The van der Waals surface area contributed by atoms with E-state index in [1.54, 1.807) is 0 Å². The van der Waals surface area contributed by atoms with E-state index in [1.165, 1.54) is 11.1 Å². The van der Waals surface area contributed by atoms with Gasteiger partial charge in [0, 0.05) is 12.1 Å². The average Bonchev–Trinajstić information content (AvgIpc) is 3.10. The molecule has 0 amide bonds. The summed E-state index contributed by atoms with van der Waals surface area (Å²) in [5, 5.41) is 7.53. The lowest BCUT2D eigenvalue weighted by Crippen LogP contribution is -2.47. The summed E-state index contributed by atoms with van der Waals surface area (Å²) < 4.78 is 19.4. The van der Waals surface area contributed by atoms with E-state index >= 15 is 0 Å². The van der Waals surface area contributed by atoms with E-state index in [0.29, 0.717) is 0 Å². The maximum atomic E-state index is 6.51. The highest BCUT2D eigenvalue weighted by molar-refractivity contribution is 7.48. The SMILES string of the molecule is CC1(C)O[C@@H]2[C@@H](O1)[C@@H](Cc1ccccc1)NP(Oc1ccccc1)N[C@H]2Cc1ccccc1. The van der Waals surface area contributed by atoms with Crippen LogP contribution in [0.25, 0.3) is 0 Å². The van der Waals surface area contributed by atoms with Crippen LogP contribution in [0.4, 0.5) is 0 Å². The Labute approximate surface area is 197 Å². The molecule has 2 heterocycles. The average molecular weight is 463 g/mol. The van der Waals surface area contributed by atoms with E-state index in [0.717, 1.165) is 18.6 Å². The minimum Gasteiger partial charge on any atom is -0.445 e. The van der Waals surface area contributed by atoms with Crippen LogP contribution < -0.4 is 14.7 Å². The lowest BCUT2D eigenvalue weighted by molar-refractivity contribution is -0.150. The topological polar surface area (TPSA) is 51.8 Å². The van der Waals surface area contributed by atoms with Crippen LogP contribution in [0.5, 0.6) is 5.75 Å². The summed E-state index contributed by atoms with van der Waals surface area (Å²) in [6.45, 7) is 4.01. The van der Waals surface area contributed by atoms with Crippen molar-refractivity contribution >= 4 is 8.45 Å². The zero-order chi connectivity index (χ0) is 22.7. The standard InChI is InChI=1S/C27H31N2O3P/c1-27(2)30-25-23(18-20-12-6-3-7-13-20)28-33(32-22-16-10-5-11-17-22)29-24(26(25)31-27)19-21-14-8-4-9-15-21/h3-17,23-26,28-29H,18-19H2,1-2H3/t23-,24+,25-,26-,33?/m0/s1. The fourth-order valence-electron chi connectivity index (χ4n) is 4.62. The Kier molecular flexibility index (Phi) is 6.77. The quantitative estimate of drug-likeness (QED) is 0.492. The van der Waals surface area contributed by atoms with Gasteiger partial charge in [-0.2, -0.15) is 0 Å². The Morgan fingerprint density at radius 1 is 0.697 bits per heavy atom. The number of rotatable bonds is 6. The Bertz CT molecular complexity index is 958. The van der Waals surface area contributed by atoms with Crippen molar-refractivity contribution in [1.82, 2.24) is 10.2 Å². The molecule has 0 radical (unpaired) electrons. The molecule has 2 fully saturated rings. The van der Waals surface area contributed by atoms with Gasteiger partial charge in [0.05, 0.1) is 0 Å². The van der Waals surface area contributed by atoms with Gasteiger partial charge in [0.2, 0.25) is 8.45 Å². The molecule has 2 N–H and O–H groups in total. The number of para-hydroxylation sites is 1. The predicted octanol–water partition coefficient (Wildman–Crippen LogP) is 5.23. The number of fused-ring (bicyclic) bond motifs is 1. The van der Waals surface area contributed by atoms with E-state index in [1.807, 2.05) is 56.3 Å². The van der Waals surface area contributed by atoms with Crippen LogP contribution in [0.3, 0.4) is 0 Å². The van der Waals surface area contributed by atoms with Gasteiger partial charge in [-0.15, -0.1) is 0 Å². The lowest BCUT2D eigenvalue weighted by atomic mass is 9.92. The van der Waals surface area contributed by atoms with Gasteiger partial charge >= 0.3 is 0 Å². The smallest absolute Gasteiger partial charge is 0.243 e. The molecule has 3 aromatic carbocycles. The third-order valence-electron chi connectivity index (χ3n) is 6.06. The highest BCUT2D eigenvalue weighted by Gasteiger charge is 2.51. The molecule has 2 aliphatic rings. The second-order valence-electron chi connectivity index (χ2n) is 9.11. The summed E-state index contributed by atoms with van der Waals surface area (Å²) in [7, 11) is -1.16. The highest BCUT2D eigenvalue weighted by Crippen LogP contribution is 2.42. The fraction of sp³-hybridized carbons (Fsp3) is 0.333. The van der Waals surface area contributed by atoms with Crippen molar-refractivity contribution in [3.05, 3.63) is 102 Å². The van der Waals surface area contributed by atoms with Crippen molar-refractivity contribution in [3.63, 3.8) is 0 Å². The first-order valence-electron chi connectivity index (χ1n) is 11.5. The van der Waals surface area contributed by atoms with Gasteiger partial charge in [0.25, 0.3) is 0 Å². The van der Waals surface area contributed by atoms with E-state index in [4.69, 9.17) is 14.0 Å². The van der Waals surface area contributed by atoms with Gasteiger partial charge in [0.1, 0.15) is 18.0 Å². The molecular weight excluding hydrogens is 431 g/mol. The van der Waals surface area contributed by atoms with E-state index in [2.05, 4.69) is 58.7 Å². The van der Waals surface area contributed by atoms with Crippen LogP contribution in [-0.4, -0.2) is 30.1 Å². The summed E-state index contributed by atoms with van der Waals surface area (Å²) in [6, 6.07) is 31.1. The van der Waals surface area contributed by atoms with Crippen LogP contribution in [0.15, 0.2) is 91.0 Å². The lowest BCUT2D eigenvalue weighted by Gasteiger charge is -2.28. The Morgan fingerprint density at radius 2 is 1.12 bits per heavy atom.